The molecule has 2 aliphatic rings. The van der Waals surface area contributed by atoms with Crippen molar-refractivity contribution in [3.05, 3.63) is 60.9 Å². The highest BCUT2D eigenvalue weighted by Gasteiger charge is 2.38. The molecule has 4 aromatic rings. The van der Waals surface area contributed by atoms with E-state index >= 15 is 4.39 Å². The van der Waals surface area contributed by atoms with Crippen molar-refractivity contribution >= 4 is 16.9 Å². The third kappa shape index (κ3) is 4.11. The van der Waals surface area contributed by atoms with Crippen LogP contribution in [-0.4, -0.2) is 75.0 Å². The third-order valence-corrected chi connectivity index (χ3v) is 7.04. The number of rotatable bonds is 5. The van der Waals surface area contributed by atoms with Crippen LogP contribution in [0.1, 0.15) is 12.5 Å². The lowest BCUT2D eigenvalue weighted by Crippen LogP contribution is -2.60. The summed E-state index contributed by atoms with van der Waals surface area (Å²) in [6.45, 7) is 3.25. The molecule has 0 saturated carbocycles. The van der Waals surface area contributed by atoms with Crippen molar-refractivity contribution in [2.24, 2.45) is 0 Å². The van der Waals surface area contributed by atoms with Gasteiger partial charge in [0.25, 0.3) is 0 Å². The Morgan fingerprint density at radius 2 is 1.71 bits per heavy atom. The summed E-state index contributed by atoms with van der Waals surface area (Å²) >= 11 is 0. The van der Waals surface area contributed by atoms with Gasteiger partial charge in [0.05, 0.1) is 11.4 Å². The molecular weight excluding hydrogens is 445 g/mol. The fourth-order valence-corrected chi connectivity index (χ4v) is 5.15. The van der Waals surface area contributed by atoms with Gasteiger partial charge in [-0.25, -0.2) is 19.0 Å². The van der Waals surface area contributed by atoms with Crippen LogP contribution in [0.25, 0.3) is 22.3 Å². The Balaban J connectivity index is 1.29. The van der Waals surface area contributed by atoms with Gasteiger partial charge in [0, 0.05) is 37.8 Å². The van der Waals surface area contributed by atoms with Gasteiger partial charge >= 0.3 is 0 Å². The van der Waals surface area contributed by atoms with Gasteiger partial charge in [-0.05, 0) is 49.9 Å². The lowest BCUT2D eigenvalue weighted by Gasteiger charge is -2.47. The molecular formula is C26H28FN7O. The minimum absolute atomic E-state index is 0.339. The van der Waals surface area contributed by atoms with Gasteiger partial charge in [-0.15, -0.1) is 0 Å². The zero-order valence-electron chi connectivity index (χ0n) is 19.6. The molecule has 2 aromatic heterocycles. The maximum absolute atomic E-state index is 15.5. The van der Waals surface area contributed by atoms with Crippen LogP contribution < -0.4 is 10.5 Å². The summed E-state index contributed by atoms with van der Waals surface area (Å²) in [6, 6.07) is 17.3. The van der Waals surface area contributed by atoms with Crippen molar-refractivity contribution in [2.45, 2.75) is 24.7 Å². The summed E-state index contributed by atoms with van der Waals surface area (Å²) in [7, 11) is 2.10. The Kier molecular flexibility index (Phi) is 5.58. The molecule has 2 saturated heterocycles. The molecule has 180 valence electrons. The number of piperidine rings is 1. The average molecular weight is 474 g/mol. The second-order valence-corrected chi connectivity index (χ2v) is 9.43. The highest BCUT2D eigenvalue weighted by molar-refractivity contribution is 5.98. The maximum atomic E-state index is 15.5. The molecule has 0 bridgehead atoms. The van der Waals surface area contributed by atoms with Gasteiger partial charge in [-0.1, -0.05) is 18.2 Å². The molecule has 2 N–H and O–H groups in total. The molecule has 35 heavy (non-hydrogen) atoms. The van der Waals surface area contributed by atoms with Gasteiger partial charge < -0.3 is 15.4 Å². The molecule has 0 radical (unpaired) electrons. The molecule has 6 rings (SSSR count). The number of hydrogen-bond acceptors (Lipinski definition) is 7. The number of likely N-dealkylation sites (N-methyl/N-ethyl adjacent to an activating group) is 1. The van der Waals surface area contributed by atoms with Crippen molar-refractivity contribution < 1.29 is 9.13 Å². The number of halogens is 1. The second kappa shape index (κ2) is 8.90. The van der Waals surface area contributed by atoms with Crippen LogP contribution in [-0.2, 0) is 0 Å². The number of para-hydroxylation sites is 1. The highest BCUT2D eigenvalue weighted by atomic mass is 19.1. The van der Waals surface area contributed by atoms with E-state index in [2.05, 4.69) is 26.8 Å². The van der Waals surface area contributed by atoms with Gasteiger partial charge in [-0.2, -0.15) is 5.10 Å². The Morgan fingerprint density at radius 1 is 0.971 bits per heavy atom. The molecule has 0 amide bonds. The number of nitrogens with two attached hydrogens (primary N) is 1. The molecule has 2 aliphatic heterocycles. The van der Waals surface area contributed by atoms with Crippen molar-refractivity contribution in [3.63, 3.8) is 0 Å². The van der Waals surface area contributed by atoms with E-state index in [1.807, 2.05) is 54.6 Å². The minimum atomic E-state index is -1.04. The van der Waals surface area contributed by atoms with E-state index in [4.69, 9.17) is 15.6 Å². The summed E-state index contributed by atoms with van der Waals surface area (Å²) in [4.78, 5) is 13.2. The predicted octanol–water partition coefficient (Wildman–Crippen LogP) is 3.77. The first-order valence-electron chi connectivity index (χ1n) is 12.0. The van der Waals surface area contributed by atoms with Crippen molar-refractivity contribution in [2.75, 3.05) is 39.0 Å². The van der Waals surface area contributed by atoms with Crippen LogP contribution in [0.4, 0.5) is 10.2 Å². The normalized spacial score (nSPS) is 21.8. The number of fused-ring (bicyclic) bond motifs is 1. The molecule has 2 aromatic carbocycles. The van der Waals surface area contributed by atoms with E-state index in [9.17, 15) is 0 Å². The van der Waals surface area contributed by atoms with Crippen LogP contribution in [0.15, 0.2) is 60.9 Å². The van der Waals surface area contributed by atoms with E-state index in [0.29, 0.717) is 47.3 Å². The summed E-state index contributed by atoms with van der Waals surface area (Å²) in [5.41, 5.74) is 8.34. The van der Waals surface area contributed by atoms with E-state index in [1.165, 1.54) is 6.33 Å². The van der Waals surface area contributed by atoms with Crippen molar-refractivity contribution in [1.82, 2.24) is 29.5 Å². The Morgan fingerprint density at radius 3 is 2.43 bits per heavy atom. The number of alkyl halides is 1. The summed E-state index contributed by atoms with van der Waals surface area (Å²) in [5, 5.41) is 5.50. The van der Waals surface area contributed by atoms with Crippen LogP contribution in [0.2, 0.25) is 0 Å². The number of benzene rings is 2. The van der Waals surface area contributed by atoms with E-state index < -0.39 is 12.2 Å². The molecule has 2 fully saturated rings. The Hall–Kier alpha value is -3.56. The SMILES string of the molecule is CN1CC(N2CCC(n3nc(-c4ccc(Oc5ccccc5)cc4)c4c(N)ncnc43)[C@H](F)C2)C1. The predicted molar refractivity (Wildman–Crippen MR) is 133 cm³/mol. The number of nitrogen functional groups attached to an aromatic ring is 1. The Labute approximate surface area is 203 Å². The number of aromatic nitrogens is 4. The number of ether oxygens (including phenoxy) is 1. The third-order valence-electron chi connectivity index (χ3n) is 7.04. The summed E-state index contributed by atoms with van der Waals surface area (Å²) in [5.74, 6) is 1.82. The van der Waals surface area contributed by atoms with E-state index in [-0.39, 0.29) is 0 Å². The smallest absolute Gasteiger partial charge is 0.164 e. The van der Waals surface area contributed by atoms with E-state index in [0.717, 1.165) is 30.9 Å². The molecule has 0 spiro atoms. The van der Waals surface area contributed by atoms with Gasteiger partial charge in [-0.3, -0.25) is 4.90 Å². The van der Waals surface area contributed by atoms with Crippen LogP contribution in [0.5, 0.6) is 11.5 Å². The summed E-state index contributed by atoms with van der Waals surface area (Å²) < 4.78 is 23.1. The maximum Gasteiger partial charge on any atom is 0.164 e. The van der Waals surface area contributed by atoms with Crippen molar-refractivity contribution in [3.8, 4) is 22.8 Å². The first-order valence-corrected chi connectivity index (χ1v) is 12.0. The van der Waals surface area contributed by atoms with Gasteiger partial charge in [0.15, 0.2) is 5.65 Å². The van der Waals surface area contributed by atoms with Gasteiger partial charge in [0.2, 0.25) is 0 Å². The number of anilines is 1. The highest BCUT2D eigenvalue weighted by Crippen LogP contribution is 2.36. The number of hydrogen-bond donors (Lipinski definition) is 1. The largest absolute Gasteiger partial charge is 0.457 e. The lowest BCUT2D eigenvalue weighted by atomic mass is 9.99. The second-order valence-electron chi connectivity index (χ2n) is 9.43. The quantitative estimate of drug-likeness (QED) is 0.472. The number of likely N-dealkylation sites (tertiary alicyclic amines) is 2. The lowest BCUT2D eigenvalue weighted by molar-refractivity contribution is -0.00197. The molecule has 2 atom stereocenters. The zero-order chi connectivity index (χ0) is 23.9. The van der Waals surface area contributed by atoms with Crippen LogP contribution in [0, 0.1) is 0 Å². The molecule has 8 nitrogen and oxygen atoms in total. The molecule has 1 unspecified atom stereocenters. The first-order chi connectivity index (χ1) is 17.1. The van der Waals surface area contributed by atoms with Crippen LogP contribution in [0.3, 0.4) is 0 Å². The zero-order valence-corrected chi connectivity index (χ0v) is 19.6. The topological polar surface area (TPSA) is 85.3 Å². The summed E-state index contributed by atoms with van der Waals surface area (Å²) in [6.07, 6.45) is 1.05. The minimum Gasteiger partial charge on any atom is -0.457 e. The monoisotopic (exact) mass is 473 g/mol. The fourth-order valence-electron chi connectivity index (χ4n) is 5.15. The molecule has 9 heteroatoms. The number of nitrogens with zero attached hydrogens (tertiary/aromatic N) is 6. The van der Waals surface area contributed by atoms with Crippen LogP contribution >= 0.6 is 0 Å². The average Bonchev–Trinajstić information content (AvgIpc) is 3.24. The Bertz CT molecular complexity index is 1320. The van der Waals surface area contributed by atoms with E-state index in [1.54, 1.807) is 4.68 Å². The van der Waals surface area contributed by atoms with Crippen molar-refractivity contribution in [1.29, 1.82) is 0 Å². The van der Waals surface area contributed by atoms with Gasteiger partial charge in [0.1, 0.15) is 35.5 Å². The standard InChI is InChI=1S/C26H28FN7O/c1-32-13-18(14-32)33-12-11-22(21(27)15-33)34-26-23(25(28)29-16-30-26)24(31-34)17-7-9-20(10-8-17)35-19-5-3-2-4-6-19/h2-10,16,18,21-22H,11-15H2,1H3,(H2,28,29,30)/t21-,22?/m1/s1. The molecule has 4 heterocycles. The molecule has 0 aliphatic carbocycles. The first kappa shape index (κ1) is 21.9. The fraction of sp³-hybridized carbons (Fsp3) is 0.346.